The fourth-order valence-electron chi connectivity index (χ4n) is 4.37. The molecule has 2 bridgehead atoms. The Morgan fingerprint density at radius 2 is 2.00 bits per heavy atom. The maximum Gasteiger partial charge on any atom is 0.244 e. The molecular formula is C17H20N2O2. The SMILES string of the molecule is O=C1N(C2CC3CCC2O3)C(c2ccccc2)NC12CC2. The molecule has 4 unspecified atom stereocenters. The van der Waals surface area contributed by atoms with Crippen molar-refractivity contribution in [3.05, 3.63) is 35.9 Å². The number of carbonyl (C=O) groups is 1. The molecule has 1 aliphatic carbocycles. The minimum absolute atomic E-state index is 0.0224. The summed E-state index contributed by atoms with van der Waals surface area (Å²) in [6, 6.07) is 10.6. The quantitative estimate of drug-likeness (QED) is 0.903. The standard InChI is InChI=1S/C17H20N2O2/c20-16-17(8-9-17)18-15(11-4-2-1-3-5-11)19(16)13-10-12-6-7-14(13)21-12/h1-5,12-15,18H,6-10H2. The van der Waals surface area contributed by atoms with Crippen molar-refractivity contribution in [2.24, 2.45) is 0 Å². The Morgan fingerprint density at radius 3 is 2.62 bits per heavy atom. The number of hydrogen-bond acceptors (Lipinski definition) is 3. The Kier molecular flexibility index (Phi) is 2.37. The van der Waals surface area contributed by atoms with Crippen LogP contribution in [-0.2, 0) is 9.53 Å². The van der Waals surface area contributed by atoms with Gasteiger partial charge in [0.25, 0.3) is 0 Å². The molecule has 110 valence electrons. The van der Waals surface area contributed by atoms with Crippen molar-refractivity contribution in [3.8, 4) is 0 Å². The van der Waals surface area contributed by atoms with E-state index in [2.05, 4.69) is 34.5 Å². The van der Waals surface area contributed by atoms with Gasteiger partial charge < -0.3 is 9.64 Å². The van der Waals surface area contributed by atoms with E-state index in [1.807, 2.05) is 6.07 Å². The van der Waals surface area contributed by atoms with Crippen LogP contribution in [0, 0.1) is 0 Å². The van der Waals surface area contributed by atoms with Gasteiger partial charge in [-0.05, 0) is 37.7 Å². The van der Waals surface area contributed by atoms with E-state index in [0.29, 0.717) is 12.0 Å². The van der Waals surface area contributed by atoms with E-state index in [4.69, 9.17) is 4.74 Å². The highest BCUT2D eigenvalue weighted by atomic mass is 16.5. The third kappa shape index (κ3) is 1.66. The van der Waals surface area contributed by atoms with Gasteiger partial charge in [0.1, 0.15) is 11.7 Å². The fourth-order valence-corrected chi connectivity index (χ4v) is 4.37. The van der Waals surface area contributed by atoms with Gasteiger partial charge in [-0.15, -0.1) is 0 Å². The first-order valence-electron chi connectivity index (χ1n) is 8.08. The second-order valence-corrected chi connectivity index (χ2v) is 6.93. The first kappa shape index (κ1) is 12.2. The molecule has 3 aliphatic heterocycles. The molecule has 3 saturated heterocycles. The molecule has 1 saturated carbocycles. The molecule has 4 heteroatoms. The Balaban J connectivity index is 1.52. The smallest absolute Gasteiger partial charge is 0.244 e. The topological polar surface area (TPSA) is 41.6 Å². The maximum atomic E-state index is 12.9. The summed E-state index contributed by atoms with van der Waals surface area (Å²) in [5, 5.41) is 3.61. The van der Waals surface area contributed by atoms with Gasteiger partial charge in [0.2, 0.25) is 5.91 Å². The minimum atomic E-state index is -0.262. The van der Waals surface area contributed by atoms with E-state index < -0.39 is 0 Å². The number of benzene rings is 1. The van der Waals surface area contributed by atoms with Gasteiger partial charge in [0.15, 0.2) is 0 Å². The van der Waals surface area contributed by atoms with Gasteiger partial charge in [-0.1, -0.05) is 30.3 Å². The van der Waals surface area contributed by atoms with Gasteiger partial charge in [0, 0.05) is 0 Å². The van der Waals surface area contributed by atoms with Crippen molar-refractivity contribution in [2.75, 3.05) is 0 Å². The van der Waals surface area contributed by atoms with Gasteiger partial charge >= 0.3 is 0 Å². The monoisotopic (exact) mass is 284 g/mol. The van der Waals surface area contributed by atoms with Crippen molar-refractivity contribution < 1.29 is 9.53 Å². The second kappa shape index (κ2) is 4.08. The summed E-state index contributed by atoms with van der Waals surface area (Å²) in [7, 11) is 0. The summed E-state index contributed by atoms with van der Waals surface area (Å²) in [4.78, 5) is 15.1. The third-order valence-electron chi connectivity index (χ3n) is 5.63. The zero-order valence-electron chi connectivity index (χ0n) is 12.0. The number of fused-ring (bicyclic) bond motifs is 2. The predicted molar refractivity (Wildman–Crippen MR) is 77.4 cm³/mol. The van der Waals surface area contributed by atoms with Gasteiger partial charge in [-0.3, -0.25) is 10.1 Å². The molecular weight excluding hydrogens is 264 g/mol. The van der Waals surface area contributed by atoms with Gasteiger partial charge in [-0.25, -0.2) is 0 Å². The Hall–Kier alpha value is -1.39. The highest BCUT2D eigenvalue weighted by Crippen LogP contribution is 2.50. The summed E-state index contributed by atoms with van der Waals surface area (Å²) in [5.41, 5.74) is 0.930. The number of nitrogens with one attached hydrogen (secondary N) is 1. The molecule has 0 aromatic heterocycles. The average Bonchev–Trinajstić information content (AvgIpc) is 2.87. The molecule has 1 spiro atoms. The van der Waals surface area contributed by atoms with E-state index in [9.17, 15) is 4.79 Å². The van der Waals surface area contributed by atoms with Crippen LogP contribution in [0.2, 0.25) is 0 Å². The van der Waals surface area contributed by atoms with E-state index in [1.165, 1.54) is 5.56 Å². The lowest BCUT2D eigenvalue weighted by Gasteiger charge is -2.34. The van der Waals surface area contributed by atoms with Crippen LogP contribution in [0.15, 0.2) is 30.3 Å². The summed E-state index contributed by atoms with van der Waals surface area (Å²) in [5.74, 6) is 0.303. The largest absolute Gasteiger partial charge is 0.373 e. The van der Waals surface area contributed by atoms with Crippen LogP contribution in [-0.4, -0.2) is 34.6 Å². The number of ether oxygens (including phenoxy) is 1. The lowest BCUT2D eigenvalue weighted by Crippen LogP contribution is -2.45. The van der Waals surface area contributed by atoms with Gasteiger partial charge in [-0.2, -0.15) is 0 Å². The predicted octanol–water partition coefficient (Wildman–Crippen LogP) is 1.97. The van der Waals surface area contributed by atoms with Crippen LogP contribution in [0.5, 0.6) is 0 Å². The summed E-state index contributed by atoms with van der Waals surface area (Å²) in [6.07, 6.45) is 5.89. The second-order valence-electron chi connectivity index (χ2n) is 6.93. The molecule has 3 heterocycles. The zero-order valence-corrected chi connectivity index (χ0v) is 12.0. The Labute approximate surface area is 124 Å². The number of nitrogens with zero attached hydrogens (tertiary/aromatic N) is 1. The highest BCUT2D eigenvalue weighted by Gasteiger charge is 2.62. The number of amides is 1. The summed E-state index contributed by atoms with van der Waals surface area (Å²) in [6.45, 7) is 0. The molecule has 5 rings (SSSR count). The maximum absolute atomic E-state index is 12.9. The lowest BCUT2D eigenvalue weighted by molar-refractivity contribution is -0.134. The van der Waals surface area contributed by atoms with E-state index in [0.717, 1.165) is 32.1 Å². The number of carbonyl (C=O) groups excluding carboxylic acids is 1. The average molecular weight is 284 g/mol. The van der Waals surface area contributed by atoms with Crippen molar-refractivity contribution in [2.45, 2.75) is 62.1 Å². The molecule has 4 atom stereocenters. The normalized spacial score (nSPS) is 39.4. The molecule has 1 aromatic carbocycles. The van der Waals surface area contributed by atoms with Crippen molar-refractivity contribution in [1.29, 1.82) is 0 Å². The lowest BCUT2D eigenvalue weighted by atomic mass is 9.93. The van der Waals surface area contributed by atoms with Crippen LogP contribution in [0.3, 0.4) is 0 Å². The number of rotatable bonds is 2. The minimum Gasteiger partial charge on any atom is -0.373 e. The fraction of sp³-hybridized carbons (Fsp3) is 0.588. The van der Waals surface area contributed by atoms with E-state index in [-0.39, 0.29) is 23.9 Å². The molecule has 1 amide bonds. The summed E-state index contributed by atoms with van der Waals surface area (Å²) < 4.78 is 6.00. The molecule has 1 aromatic rings. The molecule has 4 nitrogen and oxygen atoms in total. The molecule has 21 heavy (non-hydrogen) atoms. The molecule has 4 fully saturated rings. The third-order valence-corrected chi connectivity index (χ3v) is 5.63. The summed E-state index contributed by atoms with van der Waals surface area (Å²) >= 11 is 0. The van der Waals surface area contributed by atoms with Crippen molar-refractivity contribution in [1.82, 2.24) is 10.2 Å². The molecule has 0 radical (unpaired) electrons. The molecule has 4 aliphatic rings. The molecule has 1 N–H and O–H groups in total. The van der Waals surface area contributed by atoms with E-state index >= 15 is 0 Å². The van der Waals surface area contributed by atoms with Crippen LogP contribution >= 0.6 is 0 Å². The van der Waals surface area contributed by atoms with E-state index in [1.54, 1.807) is 0 Å². The van der Waals surface area contributed by atoms with Crippen LogP contribution in [0.4, 0.5) is 0 Å². The number of hydrogen-bond donors (Lipinski definition) is 1. The Morgan fingerprint density at radius 1 is 1.19 bits per heavy atom. The van der Waals surface area contributed by atoms with Crippen LogP contribution in [0.25, 0.3) is 0 Å². The van der Waals surface area contributed by atoms with Crippen LogP contribution < -0.4 is 5.32 Å². The first-order chi connectivity index (χ1) is 10.3. The van der Waals surface area contributed by atoms with Crippen molar-refractivity contribution in [3.63, 3.8) is 0 Å². The first-order valence-corrected chi connectivity index (χ1v) is 8.08. The zero-order chi connectivity index (χ0) is 14.0. The highest BCUT2D eigenvalue weighted by molar-refractivity contribution is 5.92. The van der Waals surface area contributed by atoms with Crippen molar-refractivity contribution >= 4 is 5.91 Å². The van der Waals surface area contributed by atoms with Crippen LogP contribution in [0.1, 0.15) is 43.8 Å². The Bertz CT molecular complexity index is 584. The van der Waals surface area contributed by atoms with Gasteiger partial charge in [0.05, 0.1) is 18.2 Å².